The van der Waals surface area contributed by atoms with Crippen molar-refractivity contribution in [1.29, 1.82) is 0 Å². The highest BCUT2D eigenvalue weighted by Crippen LogP contribution is 2.35. The summed E-state index contributed by atoms with van der Waals surface area (Å²) in [6.45, 7) is 10.00. The normalized spacial score (nSPS) is 15.9. The molecule has 2 N–H and O–H groups in total. The number of hydrogen-bond acceptors (Lipinski definition) is 4. The van der Waals surface area contributed by atoms with Gasteiger partial charge in [0.15, 0.2) is 0 Å². The second kappa shape index (κ2) is 9.65. The predicted molar refractivity (Wildman–Crippen MR) is 124 cm³/mol. The van der Waals surface area contributed by atoms with Crippen molar-refractivity contribution >= 4 is 34.6 Å². The first-order valence-corrected chi connectivity index (χ1v) is 10.7. The fourth-order valence-electron chi connectivity index (χ4n) is 3.90. The minimum absolute atomic E-state index is 0.0357. The van der Waals surface area contributed by atoms with Crippen molar-refractivity contribution in [2.24, 2.45) is 0 Å². The van der Waals surface area contributed by atoms with E-state index in [-0.39, 0.29) is 30.3 Å². The summed E-state index contributed by atoms with van der Waals surface area (Å²) in [5, 5.41) is 6.73. The Labute approximate surface area is 179 Å². The first kappa shape index (κ1) is 21.7. The van der Waals surface area contributed by atoms with Crippen molar-refractivity contribution in [2.45, 2.75) is 52.6 Å². The lowest BCUT2D eigenvalue weighted by atomic mass is 10.2. The van der Waals surface area contributed by atoms with Gasteiger partial charge in [-0.1, -0.05) is 24.3 Å². The topological polar surface area (TPSA) is 64.7 Å². The smallest absolute Gasteiger partial charge is 0.236 e. The highest BCUT2D eigenvalue weighted by atomic mass is 16.2. The minimum atomic E-state index is -0.129. The molecule has 0 bridgehead atoms. The van der Waals surface area contributed by atoms with E-state index in [0.29, 0.717) is 0 Å². The molecule has 0 aliphatic carbocycles. The molecule has 4 rings (SSSR count). The Morgan fingerprint density at radius 1 is 0.700 bits per heavy atom. The quantitative estimate of drug-likeness (QED) is 0.719. The Hall–Kier alpha value is -3.02. The van der Waals surface area contributed by atoms with Gasteiger partial charge in [0.2, 0.25) is 11.8 Å². The summed E-state index contributed by atoms with van der Waals surface area (Å²) in [6.07, 6.45) is 1.12. The van der Waals surface area contributed by atoms with E-state index < -0.39 is 0 Å². The molecule has 0 atom stereocenters. The van der Waals surface area contributed by atoms with E-state index in [4.69, 9.17) is 0 Å². The molecule has 6 heteroatoms. The van der Waals surface area contributed by atoms with Crippen LogP contribution < -0.4 is 20.4 Å². The van der Waals surface area contributed by atoms with Gasteiger partial charge in [0.25, 0.3) is 0 Å². The molecule has 2 aromatic carbocycles. The van der Waals surface area contributed by atoms with Crippen LogP contribution >= 0.6 is 0 Å². The average molecular weight is 409 g/mol. The van der Waals surface area contributed by atoms with Crippen LogP contribution in [0.3, 0.4) is 0 Å². The Bertz CT molecular complexity index is 824. The molecule has 2 aromatic rings. The number of anilines is 4. The molecule has 0 fully saturated rings. The van der Waals surface area contributed by atoms with Crippen LogP contribution in [0.5, 0.6) is 0 Å². The largest absolute Gasteiger partial charge is 0.383 e. The molecule has 6 nitrogen and oxygen atoms in total. The lowest BCUT2D eigenvalue weighted by Crippen LogP contribution is -2.38. The van der Waals surface area contributed by atoms with Gasteiger partial charge in [-0.3, -0.25) is 9.59 Å². The highest BCUT2D eigenvalue weighted by Gasteiger charge is 2.33. The first-order valence-electron chi connectivity index (χ1n) is 10.7. The Morgan fingerprint density at radius 2 is 1.10 bits per heavy atom. The zero-order valence-electron chi connectivity index (χ0n) is 18.3. The van der Waals surface area contributed by atoms with Crippen LogP contribution in [-0.4, -0.2) is 37.0 Å². The van der Waals surface area contributed by atoms with Gasteiger partial charge in [0, 0.05) is 25.2 Å². The fourth-order valence-corrected chi connectivity index (χ4v) is 3.90. The second-order valence-corrected chi connectivity index (χ2v) is 8.13. The van der Waals surface area contributed by atoms with Crippen LogP contribution in [0.1, 0.15) is 40.5 Å². The van der Waals surface area contributed by atoms with E-state index in [2.05, 4.69) is 34.9 Å². The molecule has 0 aromatic heterocycles. The Balaban J connectivity index is 0.000000196. The number of hydrogen-bond donors (Lipinski definition) is 2. The van der Waals surface area contributed by atoms with Crippen LogP contribution in [0.15, 0.2) is 48.5 Å². The fraction of sp³-hybridized carbons (Fsp3) is 0.417. The van der Waals surface area contributed by atoms with Crippen LogP contribution in [0.25, 0.3) is 0 Å². The van der Waals surface area contributed by atoms with Crippen LogP contribution in [0, 0.1) is 0 Å². The van der Waals surface area contributed by atoms with Gasteiger partial charge in [-0.25, -0.2) is 0 Å². The molecule has 0 unspecified atom stereocenters. The maximum atomic E-state index is 12.3. The highest BCUT2D eigenvalue weighted by molar-refractivity contribution is 6.15. The number of amides is 2. The van der Waals surface area contributed by atoms with Gasteiger partial charge in [-0.2, -0.15) is 0 Å². The van der Waals surface area contributed by atoms with Gasteiger partial charge in [-0.15, -0.1) is 0 Å². The number of para-hydroxylation sites is 4. The molecule has 2 amide bonds. The van der Waals surface area contributed by atoms with Gasteiger partial charge in [-0.05, 0) is 58.4 Å². The third kappa shape index (κ3) is 4.75. The zero-order valence-corrected chi connectivity index (χ0v) is 18.3. The molecule has 2 aliphatic rings. The number of carbonyl (C=O) groups is 2. The summed E-state index contributed by atoms with van der Waals surface area (Å²) in [4.78, 5) is 28.0. The molecule has 2 heterocycles. The molecular formula is C24H32N4O2. The standard InChI is InChI=1S/C15H20N2O2.C9H12N2/c1-10(2)16-12-7-5-6-8-13(12)17(11(3)4)15(19)9-14(16)18;1-2-5-9-8(4-1)10-6-3-7-11-9/h5-8,10-11H,9H2,1-4H3;1-2,4-5,10-11H,3,6-7H2. The molecular weight excluding hydrogens is 376 g/mol. The maximum Gasteiger partial charge on any atom is 0.236 e. The van der Waals surface area contributed by atoms with Gasteiger partial charge in [0.05, 0.1) is 22.7 Å². The zero-order chi connectivity index (χ0) is 21.7. The number of carbonyl (C=O) groups excluding carboxylic acids is 2. The number of nitrogens with one attached hydrogen (secondary N) is 2. The van der Waals surface area contributed by atoms with Gasteiger partial charge < -0.3 is 20.4 Å². The number of benzene rings is 2. The number of fused-ring (bicyclic) bond motifs is 2. The number of nitrogens with zero attached hydrogens (tertiary/aromatic N) is 2. The summed E-state index contributed by atoms with van der Waals surface area (Å²) in [7, 11) is 0. The summed E-state index contributed by atoms with van der Waals surface area (Å²) in [5.74, 6) is -0.258. The Kier molecular flexibility index (Phi) is 6.98. The predicted octanol–water partition coefficient (Wildman–Crippen LogP) is 4.49. The summed E-state index contributed by atoms with van der Waals surface area (Å²) in [5.41, 5.74) is 4.10. The second-order valence-electron chi connectivity index (χ2n) is 8.13. The Morgan fingerprint density at radius 3 is 1.50 bits per heavy atom. The van der Waals surface area contributed by atoms with E-state index in [1.165, 1.54) is 17.8 Å². The van der Waals surface area contributed by atoms with E-state index in [9.17, 15) is 9.59 Å². The molecule has 0 spiro atoms. The minimum Gasteiger partial charge on any atom is -0.383 e. The molecule has 2 aliphatic heterocycles. The van der Waals surface area contributed by atoms with Gasteiger partial charge >= 0.3 is 0 Å². The first-order chi connectivity index (χ1) is 14.4. The van der Waals surface area contributed by atoms with E-state index >= 15 is 0 Å². The van der Waals surface area contributed by atoms with Crippen LogP contribution in [0.4, 0.5) is 22.7 Å². The molecule has 160 valence electrons. The summed E-state index contributed by atoms with van der Waals surface area (Å²) in [6, 6.07) is 16.0. The molecule has 0 saturated carbocycles. The third-order valence-corrected chi connectivity index (χ3v) is 5.18. The lowest BCUT2D eigenvalue weighted by Gasteiger charge is -2.29. The summed E-state index contributed by atoms with van der Waals surface area (Å²) < 4.78 is 0. The monoisotopic (exact) mass is 408 g/mol. The maximum absolute atomic E-state index is 12.3. The van der Waals surface area contributed by atoms with Crippen LogP contribution in [0.2, 0.25) is 0 Å². The molecule has 0 saturated heterocycles. The molecule has 30 heavy (non-hydrogen) atoms. The SMILES string of the molecule is CC(C)N1C(=O)CC(=O)N(C(C)C)c2ccccc21.c1ccc2c(c1)NCCCN2. The average Bonchev–Trinajstić information content (AvgIpc) is 3.00. The lowest BCUT2D eigenvalue weighted by molar-refractivity contribution is -0.126. The van der Waals surface area contributed by atoms with E-state index in [1.807, 2.05) is 52.0 Å². The van der Waals surface area contributed by atoms with Crippen molar-refractivity contribution in [2.75, 3.05) is 33.5 Å². The van der Waals surface area contributed by atoms with Crippen LogP contribution in [-0.2, 0) is 9.59 Å². The third-order valence-electron chi connectivity index (χ3n) is 5.18. The summed E-state index contributed by atoms with van der Waals surface area (Å²) >= 11 is 0. The molecule has 0 radical (unpaired) electrons. The van der Waals surface area contributed by atoms with E-state index in [1.54, 1.807) is 9.80 Å². The van der Waals surface area contributed by atoms with Crippen molar-refractivity contribution in [1.82, 2.24) is 0 Å². The van der Waals surface area contributed by atoms with Crippen molar-refractivity contribution in [3.8, 4) is 0 Å². The van der Waals surface area contributed by atoms with Gasteiger partial charge in [0.1, 0.15) is 6.42 Å². The van der Waals surface area contributed by atoms with Crippen molar-refractivity contribution in [3.63, 3.8) is 0 Å². The number of rotatable bonds is 2. The van der Waals surface area contributed by atoms with Crippen molar-refractivity contribution < 1.29 is 9.59 Å². The van der Waals surface area contributed by atoms with E-state index in [0.717, 1.165) is 24.5 Å². The van der Waals surface area contributed by atoms with Crippen molar-refractivity contribution in [3.05, 3.63) is 48.5 Å².